The van der Waals surface area contributed by atoms with Crippen molar-refractivity contribution in [1.29, 1.82) is 0 Å². The van der Waals surface area contributed by atoms with E-state index in [1.807, 2.05) is 6.92 Å². The summed E-state index contributed by atoms with van der Waals surface area (Å²) in [6.07, 6.45) is 2.24. The van der Waals surface area contributed by atoms with Gasteiger partial charge in [-0.3, -0.25) is 4.79 Å². The van der Waals surface area contributed by atoms with Crippen LogP contribution in [0.4, 0.5) is 0 Å². The lowest BCUT2D eigenvalue weighted by atomic mass is 10.0. The summed E-state index contributed by atoms with van der Waals surface area (Å²) >= 11 is 0. The number of ether oxygens (including phenoxy) is 1. The fraction of sp³-hybridized carbons (Fsp3) is 0.455. The minimum absolute atomic E-state index is 0.0515. The van der Waals surface area contributed by atoms with Gasteiger partial charge < -0.3 is 15.2 Å². The maximum atomic E-state index is 11.8. The minimum Gasteiger partial charge on any atom is -0.505 e. The van der Waals surface area contributed by atoms with Gasteiger partial charge >= 0.3 is 0 Å². The normalized spacial score (nSPS) is 24.3. The lowest BCUT2D eigenvalue weighted by molar-refractivity contribution is 0.0882. The van der Waals surface area contributed by atoms with Crippen LogP contribution in [0.15, 0.2) is 18.3 Å². The van der Waals surface area contributed by atoms with Crippen LogP contribution in [0.25, 0.3) is 0 Å². The average Bonchev–Trinajstić information content (AvgIpc) is 2.65. The maximum absolute atomic E-state index is 11.8. The Labute approximate surface area is 93.5 Å². The summed E-state index contributed by atoms with van der Waals surface area (Å²) in [5.74, 6) is -0.478. The summed E-state index contributed by atoms with van der Waals surface area (Å²) < 4.78 is 5.23. The number of nitrogens with zero attached hydrogens (tertiary/aromatic N) is 1. The first kappa shape index (κ1) is 10.9. The monoisotopic (exact) mass is 222 g/mol. The molecule has 2 N–H and O–H groups in total. The van der Waals surface area contributed by atoms with Crippen molar-refractivity contribution in [2.75, 3.05) is 13.2 Å². The van der Waals surface area contributed by atoms with E-state index in [0.29, 0.717) is 13.2 Å². The number of aromatic hydroxyl groups is 1. The van der Waals surface area contributed by atoms with E-state index in [1.165, 1.54) is 12.3 Å². The number of hydrogen-bond donors (Lipinski definition) is 2. The number of rotatable bonds is 2. The Hall–Kier alpha value is -1.62. The molecule has 0 radical (unpaired) electrons. The molecule has 0 saturated carbocycles. The Morgan fingerprint density at radius 3 is 3.12 bits per heavy atom. The van der Waals surface area contributed by atoms with Crippen LogP contribution < -0.4 is 5.32 Å². The Morgan fingerprint density at radius 1 is 1.69 bits per heavy atom. The van der Waals surface area contributed by atoms with E-state index < -0.39 is 0 Å². The second-order valence-corrected chi connectivity index (χ2v) is 4.19. The van der Waals surface area contributed by atoms with Gasteiger partial charge in [-0.2, -0.15) is 0 Å². The Balaban J connectivity index is 2.11. The van der Waals surface area contributed by atoms with Gasteiger partial charge in [0.1, 0.15) is 5.75 Å². The molecule has 1 aromatic rings. The van der Waals surface area contributed by atoms with E-state index in [0.717, 1.165) is 6.42 Å². The van der Waals surface area contributed by atoms with Crippen LogP contribution in [-0.4, -0.2) is 34.8 Å². The summed E-state index contributed by atoms with van der Waals surface area (Å²) in [7, 11) is 0. The molecule has 0 spiro atoms. The number of carbonyl (C=O) groups is 1. The van der Waals surface area contributed by atoms with Gasteiger partial charge in [0.15, 0.2) is 5.69 Å². The molecule has 5 heteroatoms. The van der Waals surface area contributed by atoms with Gasteiger partial charge in [-0.1, -0.05) is 0 Å². The van der Waals surface area contributed by atoms with Gasteiger partial charge in [-0.15, -0.1) is 0 Å². The molecule has 2 heterocycles. The van der Waals surface area contributed by atoms with Crippen LogP contribution in [0.3, 0.4) is 0 Å². The van der Waals surface area contributed by atoms with Crippen molar-refractivity contribution in [2.45, 2.75) is 18.9 Å². The lowest BCUT2D eigenvalue weighted by Gasteiger charge is -2.23. The van der Waals surface area contributed by atoms with Crippen LogP contribution in [0, 0.1) is 0 Å². The first-order valence-corrected chi connectivity index (χ1v) is 5.15. The zero-order valence-corrected chi connectivity index (χ0v) is 9.06. The highest BCUT2D eigenvalue weighted by Gasteiger charge is 2.32. The zero-order valence-electron chi connectivity index (χ0n) is 9.06. The van der Waals surface area contributed by atoms with E-state index in [1.54, 1.807) is 6.07 Å². The molecule has 16 heavy (non-hydrogen) atoms. The van der Waals surface area contributed by atoms with Crippen LogP contribution in [0.1, 0.15) is 23.8 Å². The molecular formula is C11H14N2O3. The lowest BCUT2D eigenvalue weighted by Crippen LogP contribution is -2.46. The number of nitrogens with one attached hydrogen (secondary N) is 1. The summed E-state index contributed by atoms with van der Waals surface area (Å²) in [6.45, 7) is 3.05. The maximum Gasteiger partial charge on any atom is 0.274 e. The van der Waals surface area contributed by atoms with Gasteiger partial charge in [-0.25, -0.2) is 4.98 Å². The average molecular weight is 222 g/mol. The molecule has 1 aromatic heterocycles. The number of carbonyl (C=O) groups excluding carboxylic acids is 1. The van der Waals surface area contributed by atoms with Crippen molar-refractivity contribution in [2.24, 2.45) is 0 Å². The van der Waals surface area contributed by atoms with Gasteiger partial charge in [0.05, 0.1) is 12.1 Å². The fourth-order valence-corrected chi connectivity index (χ4v) is 1.67. The van der Waals surface area contributed by atoms with Crippen molar-refractivity contribution in [1.82, 2.24) is 10.3 Å². The highest BCUT2D eigenvalue weighted by molar-refractivity contribution is 5.95. The molecule has 0 aliphatic carbocycles. The fourth-order valence-electron chi connectivity index (χ4n) is 1.67. The minimum atomic E-state index is -0.369. The number of hydrogen-bond acceptors (Lipinski definition) is 4. The van der Waals surface area contributed by atoms with Gasteiger partial charge in [0.2, 0.25) is 0 Å². The van der Waals surface area contributed by atoms with E-state index >= 15 is 0 Å². The highest BCUT2D eigenvalue weighted by Crippen LogP contribution is 2.19. The van der Waals surface area contributed by atoms with Crippen molar-refractivity contribution in [3.05, 3.63) is 24.0 Å². The van der Waals surface area contributed by atoms with Crippen molar-refractivity contribution in [3.8, 4) is 5.75 Å². The molecule has 1 saturated heterocycles. The third-order valence-corrected chi connectivity index (χ3v) is 2.64. The first-order valence-electron chi connectivity index (χ1n) is 5.15. The molecule has 0 aromatic carbocycles. The molecule has 86 valence electrons. The Kier molecular flexibility index (Phi) is 2.78. The molecule has 1 fully saturated rings. The molecule has 0 bridgehead atoms. The van der Waals surface area contributed by atoms with E-state index in [-0.39, 0.29) is 22.9 Å². The van der Waals surface area contributed by atoms with Gasteiger partial charge in [-0.05, 0) is 25.5 Å². The number of amides is 1. The Bertz CT molecular complexity index is 400. The summed E-state index contributed by atoms with van der Waals surface area (Å²) in [4.78, 5) is 15.7. The van der Waals surface area contributed by atoms with Crippen molar-refractivity contribution < 1.29 is 14.6 Å². The predicted molar refractivity (Wildman–Crippen MR) is 57.2 cm³/mol. The quantitative estimate of drug-likeness (QED) is 0.772. The molecule has 2 rings (SSSR count). The van der Waals surface area contributed by atoms with Crippen LogP contribution >= 0.6 is 0 Å². The standard InChI is InChI=1S/C11H14N2O3/c1-11(4-6-16-7-11)13-10(15)9-8(14)3-2-5-12-9/h2-3,5,14H,4,6-7H2,1H3,(H,13,15). The SMILES string of the molecule is CC1(NC(=O)c2ncccc2O)CCOC1. The molecule has 1 atom stereocenters. The Morgan fingerprint density at radius 2 is 2.50 bits per heavy atom. The highest BCUT2D eigenvalue weighted by atomic mass is 16.5. The third kappa shape index (κ3) is 2.14. The van der Waals surface area contributed by atoms with Gasteiger partial charge in [0, 0.05) is 12.8 Å². The largest absolute Gasteiger partial charge is 0.505 e. The third-order valence-electron chi connectivity index (χ3n) is 2.64. The zero-order chi connectivity index (χ0) is 11.6. The predicted octanol–water partition coefficient (Wildman–Crippen LogP) is 0.696. The summed E-state index contributed by atoms with van der Waals surface area (Å²) in [6, 6.07) is 3.02. The van der Waals surface area contributed by atoms with Gasteiger partial charge in [0.25, 0.3) is 5.91 Å². The number of pyridine rings is 1. The molecule has 1 aliphatic rings. The molecule has 1 unspecified atom stereocenters. The smallest absolute Gasteiger partial charge is 0.274 e. The van der Waals surface area contributed by atoms with Crippen LogP contribution in [-0.2, 0) is 4.74 Å². The van der Waals surface area contributed by atoms with Crippen molar-refractivity contribution in [3.63, 3.8) is 0 Å². The topological polar surface area (TPSA) is 71.5 Å². The second kappa shape index (κ2) is 4.09. The summed E-state index contributed by atoms with van der Waals surface area (Å²) in [5.41, 5.74) is -0.309. The van der Waals surface area contributed by atoms with Crippen LogP contribution in [0.2, 0.25) is 0 Å². The van der Waals surface area contributed by atoms with E-state index in [4.69, 9.17) is 4.74 Å². The summed E-state index contributed by atoms with van der Waals surface area (Å²) in [5, 5.41) is 12.3. The van der Waals surface area contributed by atoms with E-state index in [2.05, 4.69) is 10.3 Å². The molecule has 5 nitrogen and oxygen atoms in total. The second-order valence-electron chi connectivity index (χ2n) is 4.19. The first-order chi connectivity index (χ1) is 7.61. The van der Waals surface area contributed by atoms with Crippen LogP contribution in [0.5, 0.6) is 5.75 Å². The van der Waals surface area contributed by atoms with E-state index in [9.17, 15) is 9.90 Å². The number of aromatic nitrogens is 1. The molecule has 1 amide bonds. The molecule has 1 aliphatic heterocycles. The van der Waals surface area contributed by atoms with Crippen molar-refractivity contribution >= 4 is 5.91 Å². The molecular weight excluding hydrogens is 208 g/mol.